The van der Waals surface area contributed by atoms with Gasteiger partial charge < -0.3 is 30.1 Å². The van der Waals surface area contributed by atoms with Gasteiger partial charge in [-0.05, 0) is 52.2 Å². The van der Waals surface area contributed by atoms with Crippen molar-refractivity contribution < 1.29 is 24.2 Å². The van der Waals surface area contributed by atoms with Gasteiger partial charge in [-0.15, -0.1) is 5.10 Å². The first kappa shape index (κ1) is 32.7. The summed E-state index contributed by atoms with van der Waals surface area (Å²) in [6, 6.07) is 2.32. The molecule has 0 bridgehead atoms. The summed E-state index contributed by atoms with van der Waals surface area (Å²) in [5, 5.41) is 13.9. The van der Waals surface area contributed by atoms with E-state index in [9.17, 15) is 14.7 Å². The van der Waals surface area contributed by atoms with Gasteiger partial charge in [0.2, 0.25) is 5.91 Å². The van der Waals surface area contributed by atoms with Crippen molar-refractivity contribution in [2.45, 2.75) is 72.5 Å². The molecule has 0 aromatic carbocycles. The fourth-order valence-electron chi connectivity index (χ4n) is 5.12. The first-order chi connectivity index (χ1) is 20.9. The van der Waals surface area contributed by atoms with Crippen molar-refractivity contribution in [3.8, 4) is 6.01 Å². The summed E-state index contributed by atoms with van der Waals surface area (Å²) < 4.78 is 12.9. The molecule has 0 radical (unpaired) electrons. The Morgan fingerprint density at radius 1 is 1.16 bits per heavy atom. The molecule has 4 rings (SSSR count). The molecule has 0 spiro atoms. The Bertz CT molecular complexity index is 1450. The van der Waals surface area contributed by atoms with Gasteiger partial charge in [-0.3, -0.25) is 9.69 Å². The van der Waals surface area contributed by atoms with Crippen LogP contribution in [0, 0.1) is 6.92 Å². The molecule has 1 saturated heterocycles. The summed E-state index contributed by atoms with van der Waals surface area (Å²) in [5.74, 6) is 0.940. The zero-order chi connectivity index (χ0) is 32.0. The minimum atomic E-state index is -0.694. The topological polar surface area (TPSA) is 165 Å². The number of fused-ring (bicyclic) bond motifs is 1. The van der Waals surface area contributed by atoms with Gasteiger partial charge in [-0.2, -0.15) is 4.98 Å². The second kappa shape index (κ2) is 14.1. The van der Waals surface area contributed by atoms with E-state index in [0.717, 1.165) is 35.5 Å². The molecule has 1 aliphatic rings. The van der Waals surface area contributed by atoms with Crippen molar-refractivity contribution >= 4 is 29.3 Å². The van der Waals surface area contributed by atoms with Crippen molar-refractivity contribution in [3.05, 3.63) is 35.3 Å². The van der Waals surface area contributed by atoms with Crippen LogP contribution in [-0.4, -0.2) is 109 Å². The zero-order valence-corrected chi connectivity index (χ0v) is 26.6. The van der Waals surface area contributed by atoms with Crippen LogP contribution in [0.15, 0.2) is 18.5 Å². The predicted molar refractivity (Wildman–Crippen MR) is 166 cm³/mol. The van der Waals surface area contributed by atoms with E-state index in [4.69, 9.17) is 20.2 Å². The molecule has 0 aliphatic carbocycles. The lowest BCUT2D eigenvalue weighted by Gasteiger charge is -2.37. The van der Waals surface area contributed by atoms with Crippen molar-refractivity contribution in [2.24, 2.45) is 0 Å². The number of rotatable bonds is 11. The fraction of sp³-hybridized carbons (Fsp3) is 0.600. The van der Waals surface area contributed by atoms with Crippen LogP contribution in [0.2, 0.25) is 0 Å². The monoisotopic (exact) mass is 611 g/mol. The van der Waals surface area contributed by atoms with Gasteiger partial charge in [-0.1, -0.05) is 19.4 Å². The van der Waals surface area contributed by atoms with E-state index >= 15 is 0 Å². The van der Waals surface area contributed by atoms with Crippen LogP contribution in [0.3, 0.4) is 0 Å². The predicted octanol–water partition coefficient (Wildman–Crippen LogP) is 2.45. The molecule has 14 heteroatoms. The van der Waals surface area contributed by atoms with E-state index in [1.165, 1.54) is 4.90 Å². The number of nitrogen functional groups attached to an aromatic ring is 1. The number of aliphatic hydroxyl groups excluding tert-OH is 1. The number of nitrogens with two attached hydrogens (primary N) is 1. The Morgan fingerprint density at radius 3 is 2.52 bits per heavy atom. The summed E-state index contributed by atoms with van der Waals surface area (Å²) in [4.78, 5) is 44.1. The van der Waals surface area contributed by atoms with Gasteiger partial charge in [0.05, 0.1) is 24.6 Å². The molecule has 2 amide bonds. The summed E-state index contributed by atoms with van der Waals surface area (Å²) in [6.45, 7) is 13.2. The van der Waals surface area contributed by atoms with Gasteiger partial charge in [-0.25, -0.2) is 19.3 Å². The standard InChI is InChI=1S/C30H45N9O5/c1-7-8-21(3)43-28-34-25(31)27-33-18-23(39(27)35-28)16-22-15-20(2)26(32-17-22)37-11-9-36(10-12-37)24(41)19-38(13-14-40)29(42)44-30(4,5)6/h15,17-18,21,40H,7-14,16,19H2,1-6H3,(H2,31,34,35)/t21-/m0/s1. The van der Waals surface area contributed by atoms with Gasteiger partial charge in [0.1, 0.15) is 18.0 Å². The van der Waals surface area contributed by atoms with E-state index in [2.05, 4.69) is 33.0 Å². The highest BCUT2D eigenvalue weighted by molar-refractivity contribution is 5.82. The first-order valence-corrected chi connectivity index (χ1v) is 15.1. The van der Waals surface area contributed by atoms with Crippen LogP contribution >= 0.6 is 0 Å². The van der Waals surface area contributed by atoms with Crippen molar-refractivity contribution in [1.82, 2.24) is 34.4 Å². The average molecular weight is 612 g/mol. The minimum Gasteiger partial charge on any atom is -0.459 e. The maximum Gasteiger partial charge on any atom is 0.410 e. The van der Waals surface area contributed by atoms with E-state index < -0.39 is 11.7 Å². The van der Waals surface area contributed by atoms with Crippen molar-refractivity contribution in [3.63, 3.8) is 0 Å². The number of amides is 2. The highest BCUT2D eigenvalue weighted by atomic mass is 16.6. The number of pyridine rings is 1. The van der Waals surface area contributed by atoms with Gasteiger partial charge >= 0.3 is 12.1 Å². The number of aromatic nitrogens is 5. The van der Waals surface area contributed by atoms with E-state index in [0.29, 0.717) is 38.2 Å². The number of ether oxygens (including phenoxy) is 2. The summed E-state index contributed by atoms with van der Waals surface area (Å²) in [7, 11) is 0. The average Bonchev–Trinajstić information content (AvgIpc) is 3.35. The van der Waals surface area contributed by atoms with Crippen LogP contribution in [-0.2, 0) is 16.0 Å². The summed E-state index contributed by atoms with van der Waals surface area (Å²) in [6.07, 6.45) is 5.36. The number of carbonyl (C=O) groups is 2. The van der Waals surface area contributed by atoms with E-state index in [-0.39, 0.29) is 43.5 Å². The quantitative estimate of drug-likeness (QED) is 0.327. The maximum absolute atomic E-state index is 13.0. The zero-order valence-electron chi connectivity index (χ0n) is 26.6. The number of piperazine rings is 1. The Hall–Kier alpha value is -4.20. The molecule has 3 aromatic heterocycles. The Balaban J connectivity index is 1.38. The molecule has 0 saturated carbocycles. The third kappa shape index (κ3) is 8.24. The lowest BCUT2D eigenvalue weighted by atomic mass is 10.1. The van der Waals surface area contributed by atoms with Crippen molar-refractivity contribution in [1.29, 1.82) is 0 Å². The molecule has 14 nitrogen and oxygen atoms in total. The summed E-state index contributed by atoms with van der Waals surface area (Å²) in [5.41, 5.74) is 8.78. The van der Waals surface area contributed by atoms with Crippen LogP contribution in [0.1, 0.15) is 64.3 Å². The van der Waals surface area contributed by atoms with Crippen LogP contribution in [0.4, 0.5) is 16.4 Å². The molecule has 4 heterocycles. The largest absolute Gasteiger partial charge is 0.459 e. The molecule has 1 fully saturated rings. The maximum atomic E-state index is 13.0. The SMILES string of the molecule is CCC[C@H](C)Oc1nc(N)c2ncc(Cc3cnc(N4CCN(C(=O)CN(CCO)C(=O)OC(C)(C)C)CC4)c(C)c3)n2n1. The number of anilines is 2. The molecule has 1 atom stereocenters. The molecule has 3 aromatic rings. The van der Waals surface area contributed by atoms with Crippen LogP contribution in [0.25, 0.3) is 5.65 Å². The fourth-order valence-corrected chi connectivity index (χ4v) is 5.12. The molecule has 240 valence electrons. The third-order valence-corrected chi connectivity index (χ3v) is 7.21. The highest BCUT2D eigenvalue weighted by Gasteiger charge is 2.28. The lowest BCUT2D eigenvalue weighted by Crippen LogP contribution is -2.52. The number of hydrogen-bond donors (Lipinski definition) is 2. The van der Waals surface area contributed by atoms with Crippen LogP contribution in [0.5, 0.6) is 6.01 Å². The molecular formula is C30H45N9O5. The Kier molecular flexibility index (Phi) is 10.4. The number of aryl methyl sites for hydroxylation is 1. The van der Waals surface area contributed by atoms with Crippen molar-refractivity contribution in [2.75, 3.05) is 56.5 Å². The van der Waals surface area contributed by atoms with Gasteiger partial charge in [0.15, 0.2) is 11.5 Å². The smallest absolute Gasteiger partial charge is 0.410 e. The second-order valence-corrected chi connectivity index (χ2v) is 12.1. The van der Waals surface area contributed by atoms with E-state index in [1.807, 2.05) is 20.0 Å². The minimum absolute atomic E-state index is 0.0264. The summed E-state index contributed by atoms with van der Waals surface area (Å²) >= 11 is 0. The molecule has 44 heavy (non-hydrogen) atoms. The Morgan fingerprint density at radius 2 is 1.89 bits per heavy atom. The van der Waals surface area contributed by atoms with E-state index in [1.54, 1.807) is 36.4 Å². The molecule has 3 N–H and O–H groups in total. The van der Waals surface area contributed by atoms with Crippen LogP contribution < -0.4 is 15.4 Å². The second-order valence-electron chi connectivity index (χ2n) is 12.1. The number of hydrogen-bond acceptors (Lipinski definition) is 11. The number of nitrogens with zero attached hydrogens (tertiary/aromatic N) is 8. The molecular weight excluding hydrogens is 566 g/mol. The van der Waals surface area contributed by atoms with Gasteiger partial charge in [0.25, 0.3) is 0 Å². The number of carbonyl (C=O) groups excluding carboxylic acids is 2. The number of aliphatic hydroxyl groups is 1. The third-order valence-electron chi connectivity index (χ3n) is 7.21. The Labute approximate surface area is 258 Å². The molecule has 0 unspecified atom stereocenters. The lowest BCUT2D eigenvalue weighted by molar-refractivity contribution is -0.132. The highest BCUT2D eigenvalue weighted by Crippen LogP contribution is 2.23. The molecule has 1 aliphatic heterocycles. The first-order valence-electron chi connectivity index (χ1n) is 15.1. The number of imidazole rings is 1. The van der Waals surface area contributed by atoms with Gasteiger partial charge in [0, 0.05) is 45.3 Å². The normalized spacial score (nSPS) is 14.5.